The van der Waals surface area contributed by atoms with Gasteiger partial charge in [-0.25, -0.2) is 4.98 Å². The van der Waals surface area contributed by atoms with Gasteiger partial charge >= 0.3 is 5.97 Å². The second-order valence-electron chi connectivity index (χ2n) is 5.65. The van der Waals surface area contributed by atoms with Gasteiger partial charge < -0.3 is 10.1 Å². The second-order valence-corrected chi connectivity index (χ2v) is 6.51. The molecule has 1 saturated carbocycles. The largest absolute Gasteiger partial charge is 0.459 e. The van der Waals surface area contributed by atoms with Crippen molar-refractivity contribution in [2.45, 2.75) is 38.7 Å². The molecule has 0 saturated heterocycles. The third-order valence-electron chi connectivity index (χ3n) is 3.89. The zero-order chi connectivity index (χ0) is 15.2. The van der Waals surface area contributed by atoms with Crippen molar-refractivity contribution in [1.82, 2.24) is 4.98 Å². The molecular formula is C17H20N2O2S. The second kappa shape index (κ2) is 7.40. The summed E-state index contributed by atoms with van der Waals surface area (Å²) in [5.41, 5.74) is 1.80. The summed E-state index contributed by atoms with van der Waals surface area (Å²) in [6.45, 7) is 0.262. The number of anilines is 2. The molecule has 1 N–H and O–H groups in total. The van der Waals surface area contributed by atoms with Gasteiger partial charge in [0, 0.05) is 17.5 Å². The highest BCUT2D eigenvalue weighted by atomic mass is 32.1. The van der Waals surface area contributed by atoms with Gasteiger partial charge in [0.1, 0.15) is 6.61 Å². The molecule has 2 aromatic rings. The molecule has 0 unspecified atom stereocenters. The number of carbonyl (C=O) groups is 1. The molecule has 0 amide bonds. The first-order valence-electron chi connectivity index (χ1n) is 7.72. The number of esters is 1. The predicted octanol–water partition coefficient (Wildman–Crippen LogP) is 4.51. The molecule has 0 radical (unpaired) electrons. The molecule has 1 aromatic heterocycles. The molecule has 116 valence electrons. The number of aromatic nitrogens is 1. The monoisotopic (exact) mass is 316 g/mol. The van der Waals surface area contributed by atoms with Crippen LogP contribution in [0.1, 0.15) is 37.8 Å². The van der Waals surface area contributed by atoms with E-state index in [1.807, 2.05) is 35.7 Å². The first-order chi connectivity index (χ1) is 10.8. The molecule has 22 heavy (non-hydrogen) atoms. The molecule has 0 bridgehead atoms. The Morgan fingerprint density at radius 3 is 2.82 bits per heavy atom. The lowest BCUT2D eigenvalue weighted by molar-refractivity contribution is -0.146. The van der Waals surface area contributed by atoms with E-state index in [9.17, 15) is 4.79 Å². The summed E-state index contributed by atoms with van der Waals surface area (Å²) in [5, 5.41) is 5.98. The Balaban J connectivity index is 1.46. The third-order valence-corrected chi connectivity index (χ3v) is 4.69. The van der Waals surface area contributed by atoms with Crippen LogP contribution in [0.3, 0.4) is 0 Å². The molecule has 0 spiro atoms. The van der Waals surface area contributed by atoms with Crippen molar-refractivity contribution in [3.63, 3.8) is 0 Å². The molecule has 1 fully saturated rings. The van der Waals surface area contributed by atoms with Crippen molar-refractivity contribution in [3.05, 3.63) is 41.4 Å². The van der Waals surface area contributed by atoms with Crippen LogP contribution < -0.4 is 5.32 Å². The van der Waals surface area contributed by atoms with Crippen molar-refractivity contribution in [2.75, 3.05) is 5.32 Å². The Labute approximate surface area is 134 Å². The van der Waals surface area contributed by atoms with Crippen LogP contribution in [0.2, 0.25) is 0 Å². The Kier molecular flexibility index (Phi) is 5.06. The van der Waals surface area contributed by atoms with Crippen LogP contribution in [-0.4, -0.2) is 11.0 Å². The summed E-state index contributed by atoms with van der Waals surface area (Å²) in [6.07, 6.45) is 5.38. The van der Waals surface area contributed by atoms with Gasteiger partial charge in [-0.1, -0.05) is 31.0 Å². The number of rotatable bonds is 6. The van der Waals surface area contributed by atoms with Crippen LogP contribution in [0.5, 0.6) is 0 Å². The summed E-state index contributed by atoms with van der Waals surface area (Å²) in [6, 6.07) is 9.90. The minimum atomic E-state index is -0.0996. The number of thiazole rings is 1. The summed E-state index contributed by atoms with van der Waals surface area (Å²) in [4.78, 5) is 16.2. The van der Waals surface area contributed by atoms with Crippen molar-refractivity contribution >= 4 is 28.1 Å². The molecule has 1 heterocycles. The summed E-state index contributed by atoms with van der Waals surface area (Å²) >= 11 is 1.52. The average Bonchev–Trinajstić information content (AvgIpc) is 3.18. The molecule has 1 aromatic carbocycles. The molecule has 4 nitrogen and oxygen atoms in total. The Bertz CT molecular complexity index is 606. The van der Waals surface area contributed by atoms with Crippen LogP contribution in [0.25, 0.3) is 0 Å². The lowest BCUT2D eigenvalue weighted by Gasteiger charge is -2.07. The number of para-hydroxylation sites is 1. The quantitative estimate of drug-likeness (QED) is 0.797. The minimum absolute atomic E-state index is 0.0996. The highest BCUT2D eigenvalue weighted by Crippen LogP contribution is 2.28. The predicted molar refractivity (Wildman–Crippen MR) is 88.2 cm³/mol. The van der Waals surface area contributed by atoms with Crippen molar-refractivity contribution in [2.24, 2.45) is 5.92 Å². The van der Waals surface area contributed by atoms with E-state index in [0.717, 1.165) is 29.4 Å². The van der Waals surface area contributed by atoms with E-state index >= 15 is 0 Å². The van der Waals surface area contributed by atoms with Crippen LogP contribution in [0.4, 0.5) is 10.8 Å². The third kappa shape index (κ3) is 4.31. The van der Waals surface area contributed by atoms with E-state index in [4.69, 9.17) is 4.74 Å². The van der Waals surface area contributed by atoms with E-state index in [1.54, 1.807) is 0 Å². The summed E-state index contributed by atoms with van der Waals surface area (Å²) < 4.78 is 5.33. The zero-order valence-corrected chi connectivity index (χ0v) is 13.3. The van der Waals surface area contributed by atoms with Crippen LogP contribution in [-0.2, 0) is 16.1 Å². The van der Waals surface area contributed by atoms with Gasteiger partial charge in [0.15, 0.2) is 5.13 Å². The molecule has 0 atom stereocenters. The fourth-order valence-electron chi connectivity index (χ4n) is 2.74. The van der Waals surface area contributed by atoms with E-state index < -0.39 is 0 Å². The normalized spacial score (nSPS) is 14.9. The first kappa shape index (κ1) is 15.0. The van der Waals surface area contributed by atoms with E-state index in [0.29, 0.717) is 12.3 Å². The number of benzene rings is 1. The van der Waals surface area contributed by atoms with Gasteiger partial charge in [-0.15, -0.1) is 11.3 Å². The number of nitrogens with zero attached hydrogens (tertiary/aromatic N) is 1. The van der Waals surface area contributed by atoms with Gasteiger partial charge in [-0.3, -0.25) is 4.79 Å². The maximum Gasteiger partial charge on any atom is 0.306 e. The smallest absolute Gasteiger partial charge is 0.306 e. The zero-order valence-electron chi connectivity index (χ0n) is 12.5. The average molecular weight is 316 g/mol. The van der Waals surface area contributed by atoms with Gasteiger partial charge in [0.05, 0.1) is 5.69 Å². The lowest BCUT2D eigenvalue weighted by Crippen LogP contribution is -2.09. The maximum absolute atomic E-state index is 11.8. The van der Waals surface area contributed by atoms with E-state index in [-0.39, 0.29) is 12.6 Å². The fraction of sp³-hybridized carbons (Fsp3) is 0.412. The number of nitrogens with one attached hydrogen (secondary N) is 1. The van der Waals surface area contributed by atoms with E-state index in [2.05, 4.69) is 10.3 Å². The van der Waals surface area contributed by atoms with Crippen LogP contribution in [0, 0.1) is 5.92 Å². The van der Waals surface area contributed by atoms with Gasteiger partial charge in [-0.2, -0.15) is 0 Å². The molecule has 0 aliphatic heterocycles. The van der Waals surface area contributed by atoms with Gasteiger partial charge in [-0.05, 0) is 30.9 Å². The molecular weight excluding hydrogens is 296 g/mol. The molecule has 1 aliphatic carbocycles. The fourth-order valence-corrected chi connectivity index (χ4v) is 3.45. The standard InChI is InChI=1S/C17H20N2O2S/c20-16(10-13-6-4-5-7-13)21-11-15-12-22-17(19-15)18-14-8-2-1-3-9-14/h1-3,8-9,12-13H,4-7,10-11H2,(H,18,19). The number of hydrogen-bond acceptors (Lipinski definition) is 5. The lowest BCUT2D eigenvalue weighted by atomic mass is 10.0. The summed E-state index contributed by atoms with van der Waals surface area (Å²) in [5.74, 6) is 0.427. The van der Waals surface area contributed by atoms with Crippen molar-refractivity contribution in [3.8, 4) is 0 Å². The van der Waals surface area contributed by atoms with Crippen LogP contribution >= 0.6 is 11.3 Å². The molecule has 5 heteroatoms. The number of hydrogen-bond donors (Lipinski definition) is 1. The van der Waals surface area contributed by atoms with Gasteiger partial charge in [0.25, 0.3) is 0 Å². The minimum Gasteiger partial charge on any atom is -0.459 e. The first-order valence-corrected chi connectivity index (χ1v) is 8.59. The highest BCUT2D eigenvalue weighted by molar-refractivity contribution is 7.13. The van der Waals surface area contributed by atoms with Crippen molar-refractivity contribution < 1.29 is 9.53 Å². The maximum atomic E-state index is 11.8. The summed E-state index contributed by atoms with van der Waals surface area (Å²) in [7, 11) is 0. The Morgan fingerprint density at radius 1 is 1.27 bits per heavy atom. The van der Waals surface area contributed by atoms with Gasteiger partial charge in [0.2, 0.25) is 0 Å². The number of carbonyl (C=O) groups excluding carboxylic acids is 1. The highest BCUT2D eigenvalue weighted by Gasteiger charge is 2.19. The SMILES string of the molecule is O=C(CC1CCCC1)OCc1csc(Nc2ccccc2)n1. The number of ether oxygens (including phenoxy) is 1. The Morgan fingerprint density at radius 2 is 2.05 bits per heavy atom. The molecule has 3 rings (SSSR count). The molecule has 1 aliphatic rings. The van der Waals surface area contributed by atoms with Crippen LogP contribution in [0.15, 0.2) is 35.7 Å². The van der Waals surface area contributed by atoms with E-state index in [1.165, 1.54) is 24.2 Å². The van der Waals surface area contributed by atoms with Crippen molar-refractivity contribution in [1.29, 1.82) is 0 Å². The Hall–Kier alpha value is -1.88. The topological polar surface area (TPSA) is 51.2 Å².